The van der Waals surface area contributed by atoms with Crippen LogP contribution in [0.15, 0.2) is 12.1 Å². The first-order valence-electron chi connectivity index (χ1n) is 8.84. The minimum atomic E-state index is -0.371. The molecule has 2 amide bonds. The van der Waals surface area contributed by atoms with Gasteiger partial charge in [-0.1, -0.05) is 26.8 Å². The number of carbonyl (C=O) groups is 2. The zero-order valence-corrected chi connectivity index (χ0v) is 16.3. The maximum atomic E-state index is 12.7. The molecule has 0 radical (unpaired) electrons. The summed E-state index contributed by atoms with van der Waals surface area (Å²) in [4.78, 5) is 28.7. The van der Waals surface area contributed by atoms with Gasteiger partial charge in [0.25, 0.3) is 0 Å². The van der Waals surface area contributed by atoms with E-state index in [2.05, 4.69) is 0 Å². The number of benzene rings is 1. The Morgan fingerprint density at radius 1 is 1.00 bits per heavy atom. The van der Waals surface area contributed by atoms with Gasteiger partial charge in [0.1, 0.15) is 5.75 Å². The Bertz CT molecular complexity index is 654. The van der Waals surface area contributed by atoms with Crippen molar-refractivity contribution >= 4 is 11.8 Å². The van der Waals surface area contributed by atoms with Gasteiger partial charge in [-0.3, -0.25) is 9.59 Å². The summed E-state index contributed by atoms with van der Waals surface area (Å²) >= 11 is 0. The minimum absolute atomic E-state index is 0.121. The van der Waals surface area contributed by atoms with Crippen LogP contribution in [0, 0.1) is 19.3 Å². The number of rotatable bonds is 3. The Kier molecular flexibility index (Phi) is 5.76. The van der Waals surface area contributed by atoms with Crippen molar-refractivity contribution in [3.63, 3.8) is 0 Å². The maximum Gasteiger partial charge on any atom is 0.228 e. The van der Waals surface area contributed by atoms with Crippen LogP contribution in [-0.4, -0.2) is 54.9 Å². The predicted molar refractivity (Wildman–Crippen MR) is 98.8 cm³/mol. The Hall–Kier alpha value is -2.04. The second kappa shape index (κ2) is 7.46. The van der Waals surface area contributed by atoms with Gasteiger partial charge in [0, 0.05) is 31.6 Å². The van der Waals surface area contributed by atoms with E-state index in [1.165, 1.54) is 0 Å². The molecule has 138 valence electrons. The van der Waals surface area contributed by atoms with Crippen LogP contribution in [0.2, 0.25) is 0 Å². The molecule has 0 aromatic heterocycles. The molecule has 25 heavy (non-hydrogen) atoms. The van der Waals surface area contributed by atoms with Gasteiger partial charge in [0.05, 0.1) is 13.5 Å². The highest BCUT2D eigenvalue weighted by Gasteiger charge is 2.30. The van der Waals surface area contributed by atoms with Crippen LogP contribution in [0.4, 0.5) is 0 Å². The molecule has 1 aliphatic heterocycles. The van der Waals surface area contributed by atoms with Gasteiger partial charge in [0.15, 0.2) is 0 Å². The molecule has 5 heteroatoms. The van der Waals surface area contributed by atoms with Gasteiger partial charge in [-0.15, -0.1) is 0 Å². The van der Waals surface area contributed by atoms with E-state index in [-0.39, 0.29) is 17.2 Å². The smallest absolute Gasteiger partial charge is 0.228 e. The summed E-state index contributed by atoms with van der Waals surface area (Å²) in [5.41, 5.74) is 2.77. The highest BCUT2D eigenvalue weighted by Crippen LogP contribution is 2.23. The summed E-state index contributed by atoms with van der Waals surface area (Å²) < 4.78 is 5.33. The average Bonchev–Trinajstić information content (AvgIpc) is 2.56. The summed E-state index contributed by atoms with van der Waals surface area (Å²) in [6.07, 6.45) is 0.393. The molecule has 0 saturated carbocycles. The van der Waals surface area contributed by atoms with Crippen LogP contribution in [0.1, 0.15) is 37.5 Å². The maximum absolute atomic E-state index is 12.7. The van der Waals surface area contributed by atoms with Gasteiger partial charge in [-0.25, -0.2) is 0 Å². The second-order valence-corrected chi connectivity index (χ2v) is 7.85. The standard InChI is InChI=1S/C20H30N2O3/c1-14-12-17(25-6)15(2)11-16(14)13-18(23)21-7-9-22(10-8-21)19(24)20(3,4)5/h11-12H,7-10,13H2,1-6H3. The van der Waals surface area contributed by atoms with E-state index in [4.69, 9.17) is 4.74 Å². The molecule has 1 aromatic carbocycles. The van der Waals surface area contributed by atoms with Crippen LogP contribution in [0.25, 0.3) is 0 Å². The molecule has 0 aliphatic carbocycles. The fraction of sp³-hybridized carbons (Fsp3) is 0.600. The van der Waals surface area contributed by atoms with E-state index >= 15 is 0 Å². The van der Waals surface area contributed by atoms with Crippen LogP contribution < -0.4 is 4.74 Å². The average molecular weight is 346 g/mol. The molecule has 0 bridgehead atoms. The number of amides is 2. The highest BCUT2D eigenvalue weighted by atomic mass is 16.5. The molecule has 0 N–H and O–H groups in total. The van der Waals surface area contributed by atoms with Crippen molar-refractivity contribution in [1.29, 1.82) is 0 Å². The Balaban J connectivity index is 1.98. The van der Waals surface area contributed by atoms with Crippen molar-refractivity contribution in [2.45, 2.75) is 41.0 Å². The van der Waals surface area contributed by atoms with Gasteiger partial charge in [0.2, 0.25) is 11.8 Å². The predicted octanol–water partition coefficient (Wildman–Crippen LogP) is 2.57. The Morgan fingerprint density at radius 3 is 2.08 bits per heavy atom. The molecule has 1 fully saturated rings. The Labute approximate surface area is 150 Å². The topological polar surface area (TPSA) is 49.9 Å². The van der Waals surface area contributed by atoms with Gasteiger partial charge in [-0.2, -0.15) is 0 Å². The number of aryl methyl sites for hydroxylation is 2. The second-order valence-electron chi connectivity index (χ2n) is 7.85. The highest BCUT2D eigenvalue weighted by molar-refractivity contribution is 5.82. The number of hydrogen-bond donors (Lipinski definition) is 0. The number of hydrogen-bond acceptors (Lipinski definition) is 3. The third kappa shape index (κ3) is 4.53. The summed E-state index contributed by atoms with van der Waals surface area (Å²) in [6.45, 7) is 12.2. The first kappa shape index (κ1) is 19.3. The first-order valence-corrected chi connectivity index (χ1v) is 8.84. The molecule has 0 spiro atoms. The first-order chi connectivity index (χ1) is 11.6. The zero-order chi connectivity index (χ0) is 18.8. The van der Waals surface area contributed by atoms with Crippen LogP contribution in [-0.2, 0) is 16.0 Å². The van der Waals surface area contributed by atoms with E-state index < -0.39 is 0 Å². The number of piperazine rings is 1. The molecule has 0 atom stereocenters. The number of ether oxygens (including phenoxy) is 1. The minimum Gasteiger partial charge on any atom is -0.496 e. The SMILES string of the molecule is COc1cc(C)c(CC(=O)N2CCN(C(=O)C(C)(C)C)CC2)cc1C. The van der Waals surface area contributed by atoms with Crippen LogP contribution >= 0.6 is 0 Å². The molecule has 2 rings (SSSR count). The third-order valence-electron chi connectivity index (χ3n) is 4.76. The summed E-state index contributed by atoms with van der Waals surface area (Å²) in [5, 5.41) is 0. The van der Waals surface area contributed by atoms with E-state index in [9.17, 15) is 9.59 Å². The quantitative estimate of drug-likeness (QED) is 0.845. The summed E-state index contributed by atoms with van der Waals surface area (Å²) in [6, 6.07) is 4.02. The van der Waals surface area contributed by atoms with E-state index in [0.29, 0.717) is 32.6 Å². The molecule has 1 heterocycles. The molecule has 0 unspecified atom stereocenters. The zero-order valence-electron chi connectivity index (χ0n) is 16.3. The van der Waals surface area contributed by atoms with Crippen molar-refractivity contribution in [3.05, 3.63) is 28.8 Å². The third-order valence-corrected chi connectivity index (χ3v) is 4.76. The van der Waals surface area contributed by atoms with Gasteiger partial charge in [-0.05, 0) is 36.6 Å². The number of nitrogens with zero attached hydrogens (tertiary/aromatic N) is 2. The van der Waals surface area contributed by atoms with Crippen molar-refractivity contribution in [1.82, 2.24) is 9.80 Å². The van der Waals surface area contributed by atoms with E-state index in [1.54, 1.807) is 7.11 Å². The lowest BCUT2D eigenvalue weighted by Crippen LogP contribution is -2.53. The lowest BCUT2D eigenvalue weighted by Gasteiger charge is -2.37. The number of carbonyl (C=O) groups excluding carboxylic acids is 2. The van der Waals surface area contributed by atoms with Crippen molar-refractivity contribution in [2.24, 2.45) is 5.41 Å². The van der Waals surface area contributed by atoms with Crippen molar-refractivity contribution in [3.8, 4) is 5.75 Å². The van der Waals surface area contributed by atoms with E-state index in [0.717, 1.165) is 22.4 Å². The molecule has 1 aliphatic rings. The lowest BCUT2D eigenvalue weighted by atomic mass is 9.94. The van der Waals surface area contributed by atoms with Gasteiger partial charge < -0.3 is 14.5 Å². The Morgan fingerprint density at radius 2 is 1.56 bits per heavy atom. The van der Waals surface area contributed by atoms with Crippen LogP contribution in [0.5, 0.6) is 5.75 Å². The fourth-order valence-corrected chi connectivity index (χ4v) is 3.17. The lowest BCUT2D eigenvalue weighted by molar-refractivity contribution is -0.144. The van der Waals surface area contributed by atoms with Crippen LogP contribution in [0.3, 0.4) is 0 Å². The van der Waals surface area contributed by atoms with Crippen molar-refractivity contribution in [2.75, 3.05) is 33.3 Å². The van der Waals surface area contributed by atoms with Crippen molar-refractivity contribution < 1.29 is 14.3 Å². The fourth-order valence-electron chi connectivity index (χ4n) is 3.17. The molecule has 5 nitrogen and oxygen atoms in total. The summed E-state index contributed by atoms with van der Waals surface area (Å²) in [7, 11) is 1.66. The monoisotopic (exact) mass is 346 g/mol. The molecular weight excluding hydrogens is 316 g/mol. The molecule has 1 aromatic rings. The molecule has 1 saturated heterocycles. The van der Waals surface area contributed by atoms with Gasteiger partial charge >= 0.3 is 0 Å². The molecular formula is C20H30N2O3. The normalized spacial score (nSPS) is 15.3. The van der Waals surface area contributed by atoms with E-state index in [1.807, 2.05) is 56.6 Å². The number of methoxy groups -OCH3 is 1. The summed E-state index contributed by atoms with van der Waals surface area (Å²) in [5.74, 6) is 1.12. The largest absolute Gasteiger partial charge is 0.496 e.